The van der Waals surface area contributed by atoms with Gasteiger partial charge in [0.25, 0.3) is 0 Å². The number of ether oxygens (including phenoxy) is 1. The minimum atomic E-state index is -0.528. The number of rotatable bonds is 2. The van der Waals surface area contributed by atoms with Gasteiger partial charge in [0, 0.05) is 12.6 Å². The van der Waals surface area contributed by atoms with Crippen molar-refractivity contribution in [2.45, 2.75) is 38.2 Å². The van der Waals surface area contributed by atoms with Gasteiger partial charge >= 0.3 is 5.69 Å². The van der Waals surface area contributed by atoms with E-state index in [0.717, 1.165) is 6.42 Å². The molecule has 6 heteroatoms. The Labute approximate surface area is 92.7 Å². The second kappa shape index (κ2) is 4.23. The van der Waals surface area contributed by atoms with Crippen molar-refractivity contribution < 1.29 is 9.84 Å². The molecule has 1 aromatic rings. The number of hydrogen-bond donors (Lipinski definition) is 2. The Morgan fingerprint density at radius 1 is 1.75 bits per heavy atom. The van der Waals surface area contributed by atoms with Crippen LogP contribution in [0, 0.1) is 0 Å². The summed E-state index contributed by atoms with van der Waals surface area (Å²) in [4.78, 5) is 15.2. The predicted molar refractivity (Wildman–Crippen MR) is 57.7 cm³/mol. The van der Waals surface area contributed by atoms with E-state index in [9.17, 15) is 9.90 Å². The van der Waals surface area contributed by atoms with Gasteiger partial charge in [0.05, 0.1) is 12.2 Å². The molecule has 0 radical (unpaired) electrons. The number of anilines is 1. The van der Waals surface area contributed by atoms with Crippen molar-refractivity contribution in [2.24, 2.45) is 0 Å². The largest absolute Gasteiger partial charge is 0.390 e. The summed E-state index contributed by atoms with van der Waals surface area (Å²) in [5, 5.41) is 9.68. The summed E-state index contributed by atoms with van der Waals surface area (Å²) < 4.78 is 6.92. The highest BCUT2D eigenvalue weighted by Gasteiger charge is 2.34. The van der Waals surface area contributed by atoms with Crippen molar-refractivity contribution in [2.75, 3.05) is 5.73 Å². The molecule has 88 valence electrons. The van der Waals surface area contributed by atoms with Gasteiger partial charge in [-0.15, -0.1) is 0 Å². The molecule has 3 N–H and O–H groups in total. The summed E-state index contributed by atoms with van der Waals surface area (Å²) in [6.07, 6.45) is 1.48. The van der Waals surface area contributed by atoms with Crippen molar-refractivity contribution in [3.63, 3.8) is 0 Å². The summed E-state index contributed by atoms with van der Waals surface area (Å²) in [7, 11) is 0. The van der Waals surface area contributed by atoms with Crippen LogP contribution in [-0.2, 0) is 4.74 Å². The molecule has 2 heterocycles. The van der Waals surface area contributed by atoms with Gasteiger partial charge in [0.1, 0.15) is 12.0 Å². The molecular weight excluding hydrogens is 210 g/mol. The summed E-state index contributed by atoms with van der Waals surface area (Å²) in [5.41, 5.74) is 4.94. The maximum absolute atomic E-state index is 11.5. The van der Waals surface area contributed by atoms with Crippen LogP contribution in [-0.4, -0.2) is 26.9 Å². The SMILES string of the molecule is CC[C@H]1O[C@@H](n2ccc(N)nc2=O)CC1O. The summed E-state index contributed by atoms with van der Waals surface area (Å²) in [6, 6.07) is 1.54. The monoisotopic (exact) mass is 225 g/mol. The van der Waals surface area contributed by atoms with Crippen LogP contribution in [0.1, 0.15) is 26.0 Å². The molecule has 0 saturated carbocycles. The Hall–Kier alpha value is -1.40. The second-order valence-electron chi connectivity index (χ2n) is 3.88. The molecule has 16 heavy (non-hydrogen) atoms. The molecular formula is C10H15N3O3. The first-order valence-electron chi connectivity index (χ1n) is 5.30. The van der Waals surface area contributed by atoms with Crippen LogP contribution < -0.4 is 11.4 Å². The van der Waals surface area contributed by atoms with Gasteiger partial charge in [-0.3, -0.25) is 4.57 Å². The molecule has 6 nitrogen and oxygen atoms in total. The number of nitrogens with zero attached hydrogens (tertiary/aromatic N) is 2. The standard InChI is InChI=1S/C10H15N3O3/c1-2-7-6(14)5-9(16-7)13-4-3-8(11)12-10(13)15/h3-4,6-7,9,14H,2,5H2,1H3,(H2,11,12,15)/t6?,7-,9-/m1/s1. The number of aromatic nitrogens is 2. The van der Waals surface area contributed by atoms with Crippen molar-refractivity contribution in [3.8, 4) is 0 Å². The molecule has 0 aromatic carbocycles. The van der Waals surface area contributed by atoms with Crippen molar-refractivity contribution in [3.05, 3.63) is 22.7 Å². The first kappa shape index (κ1) is 11.1. The summed E-state index contributed by atoms with van der Waals surface area (Å²) >= 11 is 0. The lowest BCUT2D eigenvalue weighted by Gasteiger charge is -2.14. The van der Waals surface area contributed by atoms with Crippen LogP contribution in [0.2, 0.25) is 0 Å². The Balaban J connectivity index is 2.23. The van der Waals surface area contributed by atoms with E-state index in [0.29, 0.717) is 6.42 Å². The predicted octanol–water partition coefficient (Wildman–Crippen LogP) is -0.116. The number of aliphatic hydroxyl groups excluding tert-OH is 1. The van der Waals surface area contributed by atoms with Gasteiger partial charge in [0.15, 0.2) is 0 Å². The van der Waals surface area contributed by atoms with Gasteiger partial charge in [-0.1, -0.05) is 6.92 Å². The lowest BCUT2D eigenvalue weighted by atomic mass is 10.1. The fourth-order valence-corrected chi connectivity index (χ4v) is 1.90. The van der Waals surface area contributed by atoms with Gasteiger partial charge in [-0.05, 0) is 12.5 Å². The zero-order chi connectivity index (χ0) is 11.7. The average Bonchev–Trinajstić information content (AvgIpc) is 2.59. The van der Waals surface area contributed by atoms with Crippen LogP contribution >= 0.6 is 0 Å². The zero-order valence-corrected chi connectivity index (χ0v) is 9.04. The molecule has 0 bridgehead atoms. The number of nitrogen functional groups attached to an aromatic ring is 1. The van der Waals surface area contributed by atoms with Crippen molar-refractivity contribution >= 4 is 5.82 Å². The van der Waals surface area contributed by atoms with E-state index in [-0.39, 0.29) is 11.9 Å². The van der Waals surface area contributed by atoms with E-state index in [4.69, 9.17) is 10.5 Å². The normalized spacial score (nSPS) is 29.5. The minimum Gasteiger partial charge on any atom is -0.390 e. The number of aliphatic hydroxyl groups is 1. The fraction of sp³-hybridized carbons (Fsp3) is 0.600. The van der Waals surface area contributed by atoms with Gasteiger partial charge in [0.2, 0.25) is 0 Å². The highest BCUT2D eigenvalue weighted by Crippen LogP contribution is 2.28. The molecule has 1 aliphatic rings. The van der Waals surface area contributed by atoms with Gasteiger partial charge < -0.3 is 15.6 Å². The van der Waals surface area contributed by atoms with E-state index in [2.05, 4.69) is 4.98 Å². The smallest absolute Gasteiger partial charge is 0.351 e. The summed E-state index contributed by atoms with van der Waals surface area (Å²) in [5.74, 6) is 0.187. The van der Waals surface area contributed by atoms with Gasteiger partial charge in [-0.25, -0.2) is 4.79 Å². The van der Waals surface area contributed by atoms with E-state index in [1.807, 2.05) is 6.92 Å². The number of nitrogens with two attached hydrogens (primary N) is 1. The molecule has 1 unspecified atom stereocenters. The first-order valence-corrected chi connectivity index (χ1v) is 5.30. The molecule has 1 saturated heterocycles. The molecule has 3 atom stereocenters. The second-order valence-corrected chi connectivity index (χ2v) is 3.88. The maximum Gasteiger partial charge on any atom is 0.351 e. The molecule has 1 fully saturated rings. The van der Waals surface area contributed by atoms with Crippen LogP contribution in [0.4, 0.5) is 5.82 Å². The highest BCUT2D eigenvalue weighted by molar-refractivity contribution is 5.23. The highest BCUT2D eigenvalue weighted by atomic mass is 16.5. The third-order valence-electron chi connectivity index (χ3n) is 2.77. The quantitative estimate of drug-likeness (QED) is 0.732. The fourth-order valence-electron chi connectivity index (χ4n) is 1.90. The van der Waals surface area contributed by atoms with E-state index < -0.39 is 18.0 Å². The lowest BCUT2D eigenvalue weighted by Crippen LogP contribution is -2.27. The average molecular weight is 225 g/mol. The van der Waals surface area contributed by atoms with E-state index in [1.54, 1.807) is 6.20 Å². The van der Waals surface area contributed by atoms with Crippen LogP contribution in [0.25, 0.3) is 0 Å². The Morgan fingerprint density at radius 3 is 3.06 bits per heavy atom. The molecule has 0 amide bonds. The molecule has 2 rings (SSSR count). The molecule has 1 aliphatic heterocycles. The topological polar surface area (TPSA) is 90.4 Å². The van der Waals surface area contributed by atoms with Crippen molar-refractivity contribution in [1.82, 2.24) is 9.55 Å². The zero-order valence-electron chi connectivity index (χ0n) is 9.04. The van der Waals surface area contributed by atoms with E-state index in [1.165, 1.54) is 10.6 Å². The van der Waals surface area contributed by atoms with Gasteiger partial charge in [-0.2, -0.15) is 4.98 Å². The van der Waals surface area contributed by atoms with Crippen LogP contribution in [0.3, 0.4) is 0 Å². The van der Waals surface area contributed by atoms with Crippen molar-refractivity contribution in [1.29, 1.82) is 0 Å². The maximum atomic E-state index is 11.5. The summed E-state index contributed by atoms with van der Waals surface area (Å²) in [6.45, 7) is 1.93. The Kier molecular flexibility index (Phi) is 2.93. The molecule has 0 spiro atoms. The minimum absolute atomic E-state index is 0.187. The Bertz CT molecular complexity index is 432. The lowest BCUT2D eigenvalue weighted by molar-refractivity contribution is -0.0216. The third kappa shape index (κ3) is 1.94. The number of hydrogen-bond acceptors (Lipinski definition) is 5. The van der Waals surface area contributed by atoms with Crippen LogP contribution in [0.15, 0.2) is 17.1 Å². The molecule has 1 aromatic heterocycles. The Morgan fingerprint density at radius 2 is 2.50 bits per heavy atom. The third-order valence-corrected chi connectivity index (χ3v) is 2.77. The first-order chi connectivity index (χ1) is 7.61. The van der Waals surface area contributed by atoms with Crippen LogP contribution in [0.5, 0.6) is 0 Å². The van der Waals surface area contributed by atoms with E-state index >= 15 is 0 Å². The molecule has 0 aliphatic carbocycles.